The zero-order valence-corrected chi connectivity index (χ0v) is 39.1. The normalized spacial score (nSPS) is 18.0. The summed E-state index contributed by atoms with van der Waals surface area (Å²) in [5.41, 5.74) is 14.5. The van der Waals surface area contributed by atoms with Gasteiger partial charge in [-0.05, 0) is 91.8 Å². The molecular weight excluding hydrogens is 773 g/mol. The maximum atomic E-state index is 13.8. The summed E-state index contributed by atoms with van der Waals surface area (Å²) in [6, 6.07) is 13.2. The highest BCUT2D eigenvalue weighted by Gasteiger charge is 2.39. The fourth-order valence-corrected chi connectivity index (χ4v) is 7.95. The van der Waals surface area contributed by atoms with Crippen LogP contribution in [0.25, 0.3) is 0 Å². The molecule has 3 aromatic rings. The number of carbonyl (C=O) groups excluding carboxylic acids is 2. The second-order valence-corrected chi connectivity index (χ2v) is 18.4. The number of nitrogens with one attached hydrogen (secondary N) is 4. The van der Waals surface area contributed by atoms with Gasteiger partial charge in [-0.3, -0.25) is 20.4 Å². The molecule has 2 unspecified atom stereocenters. The van der Waals surface area contributed by atoms with Gasteiger partial charge in [-0.15, -0.1) is 0 Å². The lowest BCUT2D eigenvalue weighted by Gasteiger charge is -2.23. The highest BCUT2D eigenvalue weighted by Crippen LogP contribution is 2.40. The van der Waals surface area contributed by atoms with Crippen LogP contribution in [0.15, 0.2) is 82.3 Å². The van der Waals surface area contributed by atoms with Gasteiger partial charge in [0.1, 0.15) is 17.8 Å². The third-order valence-electron chi connectivity index (χ3n) is 11.7. The van der Waals surface area contributed by atoms with Crippen LogP contribution in [0.3, 0.4) is 0 Å². The fourth-order valence-electron chi connectivity index (χ4n) is 7.95. The van der Waals surface area contributed by atoms with Crippen LogP contribution in [0, 0.1) is 35.5 Å². The summed E-state index contributed by atoms with van der Waals surface area (Å²) >= 11 is 0. The molecule has 5 rings (SSSR count). The van der Waals surface area contributed by atoms with E-state index in [1.165, 1.54) is 6.33 Å². The number of anilines is 2. The summed E-state index contributed by atoms with van der Waals surface area (Å²) in [4.78, 5) is 40.7. The monoisotopic (exact) mass is 841 g/mol. The highest BCUT2D eigenvalue weighted by atomic mass is 16.2. The van der Waals surface area contributed by atoms with E-state index in [1.54, 1.807) is 0 Å². The zero-order valence-electron chi connectivity index (χ0n) is 39.1. The Labute approximate surface area is 369 Å². The van der Waals surface area contributed by atoms with E-state index in [-0.39, 0.29) is 34.1 Å². The van der Waals surface area contributed by atoms with Gasteiger partial charge in [-0.25, -0.2) is 9.97 Å². The number of hydrogen-bond donors (Lipinski definition) is 4. The minimum Gasteiger partial charge on any atom is -0.339 e. The summed E-state index contributed by atoms with van der Waals surface area (Å²) in [6.07, 6.45) is 9.46. The Kier molecular flexibility index (Phi) is 15.2. The number of aromatic nitrogens is 2. The summed E-state index contributed by atoms with van der Waals surface area (Å²) in [5, 5.41) is 28.8. The summed E-state index contributed by atoms with van der Waals surface area (Å²) in [5.74, 6) is -1.12. The van der Waals surface area contributed by atoms with E-state index in [1.807, 2.05) is 80.0 Å². The van der Waals surface area contributed by atoms with Crippen molar-refractivity contribution in [2.24, 2.45) is 21.0 Å². The van der Waals surface area contributed by atoms with Crippen LogP contribution in [0.4, 0.5) is 11.4 Å². The van der Waals surface area contributed by atoms with Crippen molar-refractivity contribution in [3.05, 3.63) is 106 Å². The lowest BCUT2D eigenvalue weighted by Crippen LogP contribution is -2.32. The Bertz CT molecular complexity index is 2150. The molecule has 0 spiro atoms. The number of unbranched alkanes of at least 4 members (excludes halogenated alkanes) is 2. The van der Waals surface area contributed by atoms with Crippen molar-refractivity contribution in [1.82, 2.24) is 19.8 Å². The van der Waals surface area contributed by atoms with Gasteiger partial charge in [-0.2, -0.15) is 10.2 Å². The molecule has 2 atom stereocenters. The maximum absolute atomic E-state index is 13.8. The van der Waals surface area contributed by atoms with E-state index >= 15 is 0 Å². The van der Waals surface area contributed by atoms with Crippen molar-refractivity contribution in [2.75, 3.05) is 37.0 Å². The van der Waals surface area contributed by atoms with Crippen molar-refractivity contribution in [3.8, 4) is 0 Å². The Hall–Kier alpha value is -5.78. The minimum absolute atomic E-state index is 0.0480. The van der Waals surface area contributed by atoms with Crippen LogP contribution in [-0.4, -0.2) is 80.6 Å². The summed E-state index contributed by atoms with van der Waals surface area (Å²) in [7, 11) is 0. The number of allylic oxidation sites excluding steroid dienone is 4. The van der Waals surface area contributed by atoms with Gasteiger partial charge >= 0.3 is 0 Å². The minimum atomic E-state index is -0.511. The van der Waals surface area contributed by atoms with Crippen molar-refractivity contribution < 1.29 is 9.59 Å². The lowest BCUT2D eigenvalue weighted by molar-refractivity contribution is 0.0755. The van der Waals surface area contributed by atoms with Gasteiger partial charge in [0, 0.05) is 26.2 Å². The topological polar surface area (TPSA) is 163 Å². The molecule has 0 aliphatic heterocycles. The Balaban J connectivity index is 1.47. The van der Waals surface area contributed by atoms with Gasteiger partial charge in [0.2, 0.25) is 0 Å². The van der Waals surface area contributed by atoms with E-state index in [9.17, 15) is 20.4 Å². The molecule has 2 aliphatic rings. The third-order valence-corrected chi connectivity index (χ3v) is 11.7. The molecule has 1 aromatic heterocycles. The number of hydrazone groups is 2. The molecule has 0 radical (unpaired) electrons. The SMILES string of the molecule is CCCCN(CC)C(=O)c1cccc(C)c1NN=C1C(=N)C(c2cc(C3C=C(C(C)(C)C)C(=NNc4c(C)cccc4C(=O)N(CC)CCCC)C3=N)ncn2)C=C1C(C)(C)C. The van der Waals surface area contributed by atoms with E-state index in [0.29, 0.717) is 71.5 Å². The first-order valence-electron chi connectivity index (χ1n) is 22.3. The number of para-hydroxylation sites is 2. The number of aryl methyl sites for hydroxylation is 2. The molecule has 12 heteroatoms. The first-order valence-corrected chi connectivity index (χ1v) is 22.3. The van der Waals surface area contributed by atoms with E-state index in [4.69, 9.17) is 10.2 Å². The molecule has 12 nitrogen and oxygen atoms in total. The molecule has 330 valence electrons. The van der Waals surface area contributed by atoms with Crippen LogP contribution in [0.2, 0.25) is 0 Å². The largest absolute Gasteiger partial charge is 0.339 e. The standard InChI is InChI=1S/C50H68N10O2/c1-13-17-25-59(15-3)47(61)33-23-19-21-31(5)43(33)55-57-45-37(49(7,8)9)27-35(41(45)51)39-29-40(54-30-53-39)36-28-38(50(10,11)12)46(42(36)52)58-56-44-32(6)22-20-24-34(44)48(62)60(16-4)26-18-14-2/h19-24,27-30,35-36,51-52,55-56H,13-18,25-26H2,1-12H3. The van der Waals surface area contributed by atoms with Crippen LogP contribution >= 0.6 is 0 Å². The lowest BCUT2D eigenvalue weighted by atomic mass is 9.85. The van der Waals surface area contributed by atoms with Gasteiger partial charge in [0.15, 0.2) is 0 Å². The Morgan fingerprint density at radius 1 is 0.661 bits per heavy atom. The molecule has 0 saturated carbocycles. The van der Waals surface area contributed by atoms with Gasteiger partial charge < -0.3 is 20.6 Å². The molecule has 2 aromatic carbocycles. The number of benzene rings is 2. The van der Waals surface area contributed by atoms with Crippen molar-refractivity contribution in [2.45, 2.75) is 121 Å². The summed E-state index contributed by atoms with van der Waals surface area (Å²) < 4.78 is 0. The predicted octanol–water partition coefficient (Wildman–Crippen LogP) is 10.7. The molecule has 2 aliphatic carbocycles. The zero-order chi connectivity index (χ0) is 45.5. The Morgan fingerprint density at radius 3 is 1.39 bits per heavy atom. The number of amides is 2. The first kappa shape index (κ1) is 47.3. The number of nitrogens with zero attached hydrogens (tertiary/aromatic N) is 6. The second-order valence-electron chi connectivity index (χ2n) is 18.4. The maximum Gasteiger partial charge on any atom is 0.256 e. The number of hydrogen-bond acceptors (Lipinski definition) is 10. The average Bonchev–Trinajstić information content (AvgIpc) is 3.76. The second kappa shape index (κ2) is 19.9. The number of rotatable bonds is 16. The van der Waals surface area contributed by atoms with Crippen molar-refractivity contribution in [3.63, 3.8) is 0 Å². The van der Waals surface area contributed by atoms with Crippen molar-refractivity contribution >= 4 is 46.0 Å². The van der Waals surface area contributed by atoms with E-state index < -0.39 is 11.8 Å². The molecule has 0 bridgehead atoms. The van der Waals surface area contributed by atoms with Crippen LogP contribution in [0.1, 0.15) is 150 Å². The highest BCUT2D eigenvalue weighted by molar-refractivity contribution is 6.52. The average molecular weight is 841 g/mol. The first-order chi connectivity index (χ1) is 29.4. The van der Waals surface area contributed by atoms with Gasteiger partial charge in [-0.1, -0.05) is 105 Å². The molecule has 4 N–H and O–H groups in total. The van der Waals surface area contributed by atoms with Crippen LogP contribution in [0.5, 0.6) is 0 Å². The van der Waals surface area contributed by atoms with Gasteiger partial charge in [0.05, 0.1) is 57.1 Å². The molecule has 0 fully saturated rings. The van der Waals surface area contributed by atoms with Gasteiger partial charge in [0.25, 0.3) is 11.8 Å². The van der Waals surface area contributed by atoms with E-state index in [2.05, 4.69) is 88.4 Å². The summed E-state index contributed by atoms with van der Waals surface area (Å²) in [6.45, 7) is 27.3. The van der Waals surface area contributed by atoms with Crippen LogP contribution < -0.4 is 10.9 Å². The fraction of sp³-hybridized carbons (Fsp3) is 0.480. The quantitative estimate of drug-likeness (QED) is 0.105. The molecule has 2 amide bonds. The van der Waals surface area contributed by atoms with E-state index in [0.717, 1.165) is 48.0 Å². The molecule has 1 heterocycles. The number of carbonyl (C=O) groups is 2. The molecular formula is C50H68N10O2. The van der Waals surface area contributed by atoms with Crippen molar-refractivity contribution in [1.29, 1.82) is 10.8 Å². The molecule has 62 heavy (non-hydrogen) atoms. The predicted molar refractivity (Wildman–Crippen MR) is 255 cm³/mol. The van der Waals surface area contributed by atoms with Crippen LogP contribution in [-0.2, 0) is 0 Å². The smallest absolute Gasteiger partial charge is 0.256 e. The molecule has 0 saturated heterocycles. The third kappa shape index (κ3) is 10.3. The Morgan fingerprint density at radius 2 is 1.05 bits per heavy atom.